The number of aliphatic carboxylic acids is 1. The van der Waals surface area contributed by atoms with Gasteiger partial charge in [0.25, 0.3) is 0 Å². The monoisotopic (exact) mass is 435 g/mol. The Hall–Kier alpha value is -1.72. The third-order valence-electron chi connectivity index (χ3n) is 5.36. The molecular formula is C18H24F3N3O4S. The molecule has 3 fully saturated rings. The Balaban J connectivity index is 0.000000298. The van der Waals surface area contributed by atoms with Gasteiger partial charge in [0.15, 0.2) is 0 Å². The molecule has 29 heavy (non-hydrogen) atoms. The topological polar surface area (TPSA) is 83.0 Å². The van der Waals surface area contributed by atoms with Gasteiger partial charge in [-0.25, -0.2) is 9.78 Å². The van der Waals surface area contributed by atoms with E-state index in [1.807, 2.05) is 11.6 Å². The lowest BCUT2D eigenvalue weighted by molar-refractivity contribution is -0.192. The van der Waals surface area contributed by atoms with Crippen molar-refractivity contribution in [3.8, 4) is 0 Å². The van der Waals surface area contributed by atoms with E-state index in [0.29, 0.717) is 0 Å². The molecule has 11 heteroatoms. The normalized spacial score (nSPS) is 22.3. The summed E-state index contributed by atoms with van der Waals surface area (Å²) < 4.78 is 37.7. The summed E-state index contributed by atoms with van der Waals surface area (Å²) in [4.78, 5) is 29.8. The number of morpholine rings is 1. The number of aromatic nitrogens is 1. The highest BCUT2D eigenvalue weighted by atomic mass is 32.1. The van der Waals surface area contributed by atoms with Crippen molar-refractivity contribution in [2.24, 2.45) is 5.92 Å². The van der Waals surface area contributed by atoms with Crippen molar-refractivity contribution >= 4 is 23.2 Å². The van der Waals surface area contributed by atoms with Crippen LogP contribution in [0.2, 0.25) is 0 Å². The van der Waals surface area contributed by atoms with Gasteiger partial charge in [-0.2, -0.15) is 13.2 Å². The molecule has 3 aliphatic rings. The maximum atomic E-state index is 12.0. The highest BCUT2D eigenvalue weighted by molar-refractivity contribution is 7.09. The maximum Gasteiger partial charge on any atom is 0.490 e. The third-order valence-corrected chi connectivity index (χ3v) is 6.13. The van der Waals surface area contributed by atoms with Crippen LogP contribution in [0.25, 0.3) is 0 Å². The van der Waals surface area contributed by atoms with Crippen molar-refractivity contribution in [2.45, 2.75) is 44.0 Å². The number of carboxylic acid groups (broad SMARTS) is 1. The Morgan fingerprint density at radius 1 is 1.34 bits per heavy atom. The van der Waals surface area contributed by atoms with E-state index in [4.69, 9.17) is 14.6 Å². The average molecular weight is 435 g/mol. The number of alkyl halides is 3. The zero-order chi connectivity index (χ0) is 21.1. The molecule has 0 unspecified atom stereocenters. The van der Waals surface area contributed by atoms with Gasteiger partial charge >= 0.3 is 12.1 Å². The molecule has 3 heterocycles. The van der Waals surface area contributed by atoms with E-state index in [9.17, 15) is 18.0 Å². The molecule has 7 nitrogen and oxygen atoms in total. The fourth-order valence-electron chi connectivity index (χ4n) is 3.51. The van der Waals surface area contributed by atoms with Crippen molar-refractivity contribution in [2.75, 3.05) is 32.8 Å². The number of carbonyl (C=O) groups is 2. The third kappa shape index (κ3) is 6.38. The number of hydrogen-bond acceptors (Lipinski definition) is 6. The highest BCUT2D eigenvalue weighted by Gasteiger charge is 2.43. The van der Waals surface area contributed by atoms with E-state index in [-0.39, 0.29) is 18.1 Å². The van der Waals surface area contributed by atoms with E-state index >= 15 is 0 Å². The Morgan fingerprint density at radius 3 is 2.52 bits per heavy atom. The lowest BCUT2D eigenvalue weighted by atomic mass is 9.89. The zero-order valence-electron chi connectivity index (χ0n) is 15.9. The summed E-state index contributed by atoms with van der Waals surface area (Å²) in [5, 5.41) is 10.3. The second kappa shape index (κ2) is 8.97. The molecule has 1 amide bonds. The fraction of sp³-hybridized carbons (Fsp3) is 0.722. The molecule has 0 aromatic carbocycles. The molecule has 1 saturated carbocycles. The van der Waals surface area contributed by atoms with Crippen LogP contribution in [-0.4, -0.2) is 76.3 Å². The van der Waals surface area contributed by atoms with Crippen molar-refractivity contribution in [1.29, 1.82) is 0 Å². The minimum Gasteiger partial charge on any atom is -0.475 e. The molecule has 0 atom stereocenters. The summed E-state index contributed by atoms with van der Waals surface area (Å²) in [5.41, 5.74) is -0.0951. The summed E-state index contributed by atoms with van der Waals surface area (Å²) in [7, 11) is 0. The molecule has 1 aromatic rings. The number of piperidine rings is 1. The van der Waals surface area contributed by atoms with Gasteiger partial charge in [-0.05, 0) is 31.6 Å². The van der Waals surface area contributed by atoms with E-state index in [2.05, 4.69) is 14.8 Å². The predicted molar refractivity (Wildman–Crippen MR) is 98.3 cm³/mol. The van der Waals surface area contributed by atoms with Gasteiger partial charge in [-0.1, -0.05) is 0 Å². The summed E-state index contributed by atoms with van der Waals surface area (Å²) in [6, 6.07) is 0. The van der Waals surface area contributed by atoms with Crippen LogP contribution in [0.1, 0.15) is 30.7 Å². The molecule has 162 valence electrons. The number of carbonyl (C=O) groups excluding carboxylic acids is 1. The van der Waals surface area contributed by atoms with Crippen molar-refractivity contribution in [3.05, 3.63) is 16.6 Å². The summed E-state index contributed by atoms with van der Waals surface area (Å²) >= 11 is 1.72. The Kier molecular flexibility index (Phi) is 6.79. The first-order valence-electron chi connectivity index (χ1n) is 9.49. The molecular weight excluding hydrogens is 411 g/mol. The molecule has 1 spiro atoms. The van der Waals surface area contributed by atoms with Crippen LogP contribution in [0.3, 0.4) is 0 Å². The first-order chi connectivity index (χ1) is 13.7. The van der Waals surface area contributed by atoms with Gasteiger partial charge in [0, 0.05) is 37.8 Å². The number of carboxylic acids is 1. The number of thiazole rings is 1. The maximum absolute atomic E-state index is 12.0. The van der Waals surface area contributed by atoms with Crippen LogP contribution in [0.5, 0.6) is 0 Å². The molecule has 2 aliphatic heterocycles. The first-order valence-corrected chi connectivity index (χ1v) is 10.4. The number of nitrogens with zero attached hydrogens (tertiary/aromatic N) is 3. The van der Waals surface area contributed by atoms with E-state index < -0.39 is 12.1 Å². The van der Waals surface area contributed by atoms with E-state index in [1.165, 1.54) is 17.8 Å². The summed E-state index contributed by atoms with van der Waals surface area (Å²) in [5.74, 6) is -1.82. The van der Waals surface area contributed by atoms with Crippen LogP contribution in [0.4, 0.5) is 13.2 Å². The molecule has 0 bridgehead atoms. The smallest absolute Gasteiger partial charge is 0.475 e. The van der Waals surface area contributed by atoms with E-state index in [1.54, 1.807) is 11.3 Å². The largest absolute Gasteiger partial charge is 0.490 e. The van der Waals surface area contributed by atoms with Gasteiger partial charge in [0.05, 0.1) is 12.1 Å². The van der Waals surface area contributed by atoms with Crippen molar-refractivity contribution in [1.82, 2.24) is 14.8 Å². The van der Waals surface area contributed by atoms with Crippen LogP contribution in [-0.2, 0) is 20.9 Å². The summed E-state index contributed by atoms with van der Waals surface area (Å²) in [6.45, 7) is 5.04. The molecule has 1 N–H and O–H groups in total. The number of hydrogen-bond donors (Lipinski definition) is 1. The van der Waals surface area contributed by atoms with Gasteiger partial charge in [-0.3, -0.25) is 9.69 Å². The standard InChI is InChI=1S/C16H23N3O2S.C2HF3O2/c20-15-11-21-16(12-19(15)9-13-1-2-13)3-6-18(7-4-16)10-14-17-5-8-22-14;3-2(4,5)1(6)7/h5,8,13H,1-4,6-7,9-12H2;(H,6,7). The second-order valence-corrected chi connectivity index (χ2v) is 8.67. The predicted octanol–water partition coefficient (Wildman–Crippen LogP) is 2.38. The van der Waals surface area contributed by atoms with Crippen LogP contribution >= 0.6 is 11.3 Å². The highest BCUT2D eigenvalue weighted by Crippen LogP contribution is 2.35. The SMILES string of the molecule is O=C(O)C(F)(F)F.O=C1COC2(CCN(Cc3nccs3)CC2)CN1CC1CC1. The van der Waals surface area contributed by atoms with Gasteiger partial charge in [0.2, 0.25) is 5.91 Å². The van der Waals surface area contributed by atoms with Crippen LogP contribution < -0.4 is 0 Å². The minimum absolute atomic E-state index is 0.0951. The van der Waals surface area contributed by atoms with E-state index in [0.717, 1.165) is 51.5 Å². The Labute approximate surface area is 170 Å². The lowest BCUT2D eigenvalue weighted by Crippen LogP contribution is -2.58. The Bertz CT molecular complexity index is 702. The average Bonchev–Trinajstić information content (AvgIpc) is 3.33. The van der Waals surface area contributed by atoms with Crippen molar-refractivity contribution in [3.63, 3.8) is 0 Å². The second-order valence-electron chi connectivity index (χ2n) is 7.69. The molecule has 0 radical (unpaired) electrons. The minimum atomic E-state index is -5.08. The molecule has 4 rings (SSSR count). The molecule has 1 aromatic heterocycles. The van der Waals surface area contributed by atoms with Gasteiger partial charge < -0.3 is 14.7 Å². The summed E-state index contributed by atoms with van der Waals surface area (Å²) in [6.07, 6.45) is 1.41. The number of likely N-dealkylation sites (tertiary alicyclic amines) is 1. The zero-order valence-corrected chi connectivity index (χ0v) is 16.7. The Morgan fingerprint density at radius 2 is 2.00 bits per heavy atom. The fourth-order valence-corrected chi connectivity index (χ4v) is 4.17. The van der Waals surface area contributed by atoms with Gasteiger partial charge in [-0.15, -0.1) is 11.3 Å². The quantitative estimate of drug-likeness (QED) is 0.782. The van der Waals surface area contributed by atoms with Crippen molar-refractivity contribution < 1.29 is 32.6 Å². The first kappa shape index (κ1) is 22.0. The van der Waals surface area contributed by atoms with Crippen LogP contribution in [0.15, 0.2) is 11.6 Å². The number of ether oxygens (including phenoxy) is 1. The number of amides is 1. The number of rotatable bonds is 4. The van der Waals surface area contributed by atoms with Gasteiger partial charge in [0.1, 0.15) is 11.6 Å². The van der Waals surface area contributed by atoms with Crippen LogP contribution in [0, 0.1) is 5.92 Å². The molecule has 1 aliphatic carbocycles. The molecule has 2 saturated heterocycles. The number of halogens is 3. The lowest BCUT2D eigenvalue weighted by Gasteiger charge is -2.47.